The SMILES string of the molecule is Cc1nc(N)ncc1C(=O)NCc1ccc2c(c1)n(C)c(=O)n2C. The number of aromatic nitrogens is 4. The summed E-state index contributed by atoms with van der Waals surface area (Å²) in [4.78, 5) is 32.0. The smallest absolute Gasteiger partial charge is 0.328 e. The fourth-order valence-corrected chi connectivity index (χ4v) is 2.65. The number of benzene rings is 1. The Bertz CT molecular complexity index is 1000. The van der Waals surface area contributed by atoms with Gasteiger partial charge in [-0.05, 0) is 24.6 Å². The van der Waals surface area contributed by atoms with Gasteiger partial charge in [0, 0.05) is 26.8 Å². The number of nitrogens with zero attached hydrogens (tertiary/aromatic N) is 4. The van der Waals surface area contributed by atoms with E-state index in [1.807, 2.05) is 18.2 Å². The Balaban J connectivity index is 1.81. The van der Waals surface area contributed by atoms with Crippen molar-refractivity contribution in [2.24, 2.45) is 14.1 Å². The second-order valence-electron chi connectivity index (χ2n) is 5.63. The van der Waals surface area contributed by atoms with E-state index in [4.69, 9.17) is 5.73 Å². The fourth-order valence-electron chi connectivity index (χ4n) is 2.65. The number of amides is 1. The number of aryl methyl sites for hydroxylation is 3. The number of hydrogen-bond donors (Lipinski definition) is 2. The minimum atomic E-state index is -0.269. The molecule has 8 heteroatoms. The van der Waals surface area contributed by atoms with Gasteiger partial charge in [0.2, 0.25) is 5.95 Å². The first-order chi connectivity index (χ1) is 11.4. The van der Waals surface area contributed by atoms with Crippen LogP contribution in [0.5, 0.6) is 0 Å². The highest BCUT2D eigenvalue weighted by Crippen LogP contribution is 2.14. The maximum atomic E-state index is 12.2. The molecular formula is C16H18N6O2. The van der Waals surface area contributed by atoms with Crippen molar-refractivity contribution in [1.29, 1.82) is 0 Å². The van der Waals surface area contributed by atoms with Crippen LogP contribution in [0, 0.1) is 6.92 Å². The van der Waals surface area contributed by atoms with Crippen molar-refractivity contribution in [1.82, 2.24) is 24.4 Å². The minimum absolute atomic E-state index is 0.0826. The molecule has 0 aliphatic rings. The van der Waals surface area contributed by atoms with E-state index in [-0.39, 0.29) is 17.5 Å². The number of hydrogen-bond acceptors (Lipinski definition) is 5. The van der Waals surface area contributed by atoms with Gasteiger partial charge < -0.3 is 11.1 Å². The number of nitrogens with two attached hydrogens (primary N) is 1. The first kappa shape index (κ1) is 15.7. The van der Waals surface area contributed by atoms with Gasteiger partial charge in [0.25, 0.3) is 5.91 Å². The minimum Gasteiger partial charge on any atom is -0.368 e. The van der Waals surface area contributed by atoms with Gasteiger partial charge in [0.1, 0.15) is 0 Å². The Labute approximate surface area is 137 Å². The van der Waals surface area contributed by atoms with E-state index in [9.17, 15) is 9.59 Å². The summed E-state index contributed by atoms with van der Waals surface area (Å²) in [5.41, 5.74) is 8.89. The molecule has 0 aliphatic carbocycles. The van der Waals surface area contributed by atoms with Crippen LogP contribution in [0.25, 0.3) is 11.0 Å². The van der Waals surface area contributed by atoms with Crippen LogP contribution in [-0.4, -0.2) is 25.0 Å². The summed E-state index contributed by atoms with van der Waals surface area (Å²) < 4.78 is 3.17. The lowest BCUT2D eigenvalue weighted by Crippen LogP contribution is -2.24. The average molecular weight is 326 g/mol. The van der Waals surface area contributed by atoms with Crippen LogP contribution in [0.1, 0.15) is 21.6 Å². The largest absolute Gasteiger partial charge is 0.368 e. The molecule has 3 aromatic rings. The average Bonchev–Trinajstić information content (AvgIpc) is 2.77. The Morgan fingerprint density at radius 2 is 1.96 bits per heavy atom. The first-order valence-electron chi connectivity index (χ1n) is 7.40. The fraction of sp³-hybridized carbons (Fsp3) is 0.250. The molecule has 1 aromatic carbocycles. The summed E-state index contributed by atoms with van der Waals surface area (Å²) in [6.45, 7) is 2.04. The van der Waals surface area contributed by atoms with Gasteiger partial charge in [0.15, 0.2) is 0 Å². The normalized spacial score (nSPS) is 11.0. The van der Waals surface area contributed by atoms with Crippen molar-refractivity contribution in [3.63, 3.8) is 0 Å². The molecule has 24 heavy (non-hydrogen) atoms. The Morgan fingerprint density at radius 3 is 2.67 bits per heavy atom. The van der Waals surface area contributed by atoms with E-state index in [0.29, 0.717) is 17.8 Å². The lowest BCUT2D eigenvalue weighted by Gasteiger charge is -2.08. The first-order valence-corrected chi connectivity index (χ1v) is 7.40. The molecule has 3 N–H and O–H groups in total. The quantitative estimate of drug-likeness (QED) is 0.728. The van der Waals surface area contributed by atoms with Crippen LogP contribution < -0.4 is 16.7 Å². The Hall–Kier alpha value is -3.16. The summed E-state index contributed by atoms with van der Waals surface area (Å²) in [7, 11) is 3.46. The van der Waals surface area contributed by atoms with Crippen LogP contribution >= 0.6 is 0 Å². The van der Waals surface area contributed by atoms with Crippen LogP contribution in [0.3, 0.4) is 0 Å². The molecular weight excluding hydrogens is 308 g/mol. The molecule has 0 unspecified atom stereocenters. The second kappa shape index (κ2) is 5.80. The number of fused-ring (bicyclic) bond motifs is 1. The summed E-state index contributed by atoms with van der Waals surface area (Å²) in [6.07, 6.45) is 1.41. The molecule has 2 heterocycles. The molecule has 0 fully saturated rings. The Morgan fingerprint density at radius 1 is 1.25 bits per heavy atom. The number of rotatable bonds is 3. The Kier molecular flexibility index (Phi) is 3.80. The third kappa shape index (κ3) is 2.62. The van der Waals surface area contributed by atoms with Crippen molar-refractivity contribution in [2.75, 3.05) is 5.73 Å². The van der Waals surface area contributed by atoms with Gasteiger partial charge in [-0.25, -0.2) is 14.8 Å². The van der Waals surface area contributed by atoms with Gasteiger partial charge in [-0.15, -0.1) is 0 Å². The number of imidazole rings is 1. The van der Waals surface area contributed by atoms with Crippen LogP contribution in [0.4, 0.5) is 5.95 Å². The van der Waals surface area contributed by atoms with Gasteiger partial charge in [-0.3, -0.25) is 13.9 Å². The van der Waals surface area contributed by atoms with E-state index in [1.165, 1.54) is 6.20 Å². The zero-order valence-corrected chi connectivity index (χ0v) is 13.7. The lowest BCUT2D eigenvalue weighted by molar-refractivity contribution is 0.0949. The molecule has 0 aliphatic heterocycles. The number of carbonyl (C=O) groups is 1. The number of nitrogen functional groups attached to an aromatic ring is 1. The van der Waals surface area contributed by atoms with Crippen molar-refractivity contribution >= 4 is 22.9 Å². The van der Waals surface area contributed by atoms with E-state index >= 15 is 0 Å². The summed E-state index contributed by atoms with van der Waals surface area (Å²) in [5, 5.41) is 2.83. The molecule has 0 saturated heterocycles. The molecule has 124 valence electrons. The molecule has 8 nitrogen and oxygen atoms in total. The van der Waals surface area contributed by atoms with E-state index in [2.05, 4.69) is 15.3 Å². The third-order valence-electron chi connectivity index (χ3n) is 4.03. The predicted octanol–water partition coefficient (Wildman–Crippen LogP) is 0.488. The summed E-state index contributed by atoms with van der Waals surface area (Å²) >= 11 is 0. The van der Waals surface area contributed by atoms with Crippen molar-refractivity contribution in [2.45, 2.75) is 13.5 Å². The van der Waals surface area contributed by atoms with Gasteiger partial charge in [0.05, 0.1) is 22.3 Å². The molecule has 0 saturated carbocycles. The third-order valence-corrected chi connectivity index (χ3v) is 4.03. The molecule has 0 spiro atoms. The topological polar surface area (TPSA) is 108 Å². The van der Waals surface area contributed by atoms with Crippen LogP contribution in [-0.2, 0) is 20.6 Å². The maximum absolute atomic E-state index is 12.2. The summed E-state index contributed by atoms with van der Waals surface area (Å²) in [5.74, 6) is -0.131. The zero-order valence-electron chi connectivity index (χ0n) is 13.7. The zero-order chi connectivity index (χ0) is 17.4. The molecule has 0 atom stereocenters. The van der Waals surface area contributed by atoms with Crippen LogP contribution in [0.15, 0.2) is 29.2 Å². The highest BCUT2D eigenvalue weighted by Gasteiger charge is 2.12. The van der Waals surface area contributed by atoms with Gasteiger partial charge >= 0.3 is 5.69 Å². The molecule has 2 aromatic heterocycles. The monoisotopic (exact) mass is 326 g/mol. The standard InChI is InChI=1S/C16H18N6O2/c1-9-11(8-19-15(17)20-9)14(23)18-7-10-4-5-12-13(6-10)22(3)16(24)21(12)2/h4-6,8H,7H2,1-3H3,(H,18,23)(H2,17,19,20). The molecule has 0 radical (unpaired) electrons. The maximum Gasteiger partial charge on any atom is 0.328 e. The molecule has 3 rings (SSSR count). The van der Waals surface area contributed by atoms with Gasteiger partial charge in [-0.1, -0.05) is 6.07 Å². The van der Waals surface area contributed by atoms with Crippen molar-refractivity contribution in [3.8, 4) is 0 Å². The van der Waals surface area contributed by atoms with Crippen LogP contribution in [0.2, 0.25) is 0 Å². The summed E-state index contributed by atoms with van der Waals surface area (Å²) in [6, 6.07) is 5.65. The molecule has 0 bridgehead atoms. The molecule has 1 amide bonds. The van der Waals surface area contributed by atoms with E-state index in [1.54, 1.807) is 30.2 Å². The van der Waals surface area contributed by atoms with Crippen molar-refractivity contribution < 1.29 is 4.79 Å². The van der Waals surface area contributed by atoms with Crippen molar-refractivity contribution in [3.05, 3.63) is 51.7 Å². The highest BCUT2D eigenvalue weighted by atomic mass is 16.2. The lowest BCUT2D eigenvalue weighted by atomic mass is 10.2. The number of nitrogens with one attached hydrogen (secondary N) is 1. The number of anilines is 1. The second-order valence-corrected chi connectivity index (χ2v) is 5.63. The van der Waals surface area contributed by atoms with E-state index < -0.39 is 0 Å². The predicted molar refractivity (Wildman–Crippen MR) is 90.5 cm³/mol. The van der Waals surface area contributed by atoms with Gasteiger partial charge in [-0.2, -0.15) is 0 Å². The van der Waals surface area contributed by atoms with E-state index in [0.717, 1.165) is 16.6 Å². The highest BCUT2D eigenvalue weighted by molar-refractivity contribution is 5.95. The number of carbonyl (C=O) groups excluding carboxylic acids is 1.